The van der Waals surface area contributed by atoms with Gasteiger partial charge in [0.1, 0.15) is 17.2 Å². The lowest BCUT2D eigenvalue weighted by molar-refractivity contribution is -0.371. The number of hydrogen-bond acceptors (Lipinski definition) is 4. The van der Waals surface area contributed by atoms with Crippen molar-refractivity contribution in [2.24, 2.45) is 0 Å². The normalized spacial score (nSPS) is 14.0. The molecule has 31 heavy (non-hydrogen) atoms. The van der Waals surface area contributed by atoms with Gasteiger partial charge in [-0.1, -0.05) is 36.4 Å². The van der Waals surface area contributed by atoms with Crippen molar-refractivity contribution in [2.45, 2.75) is 18.0 Å². The number of nitrogen functional groups attached to an aromatic ring is 2. The van der Waals surface area contributed by atoms with E-state index in [0.29, 0.717) is 6.07 Å². The van der Waals surface area contributed by atoms with Gasteiger partial charge in [-0.2, -0.15) is 26.3 Å². The molecule has 3 aromatic carbocycles. The quantitative estimate of drug-likeness (QED) is 0.361. The van der Waals surface area contributed by atoms with Gasteiger partial charge >= 0.3 is 18.0 Å². The standard InChI is InChI=1S/C21H16F6N2O2/c22-19(20(23,24)21(25,26)27,31-18-12-6-3-9-15(18)29)13-7-1-4-10-16(13)30-17-11-5-2-8-14(17)28/h1-12H,28-29H2. The fraction of sp³-hybridized carbons (Fsp3) is 0.143. The fourth-order valence-corrected chi connectivity index (χ4v) is 2.71. The van der Waals surface area contributed by atoms with E-state index >= 15 is 4.39 Å². The van der Waals surface area contributed by atoms with Gasteiger partial charge in [-0.25, -0.2) is 0 Å². The van der Waals surface area contributed by atoms with Crippen LogP contribution in [0.1, 0.15) is 5.56 Å². The highest BCUT2D eigenvalue weighted by atomic mass is 19.4. The first-order valence-electron chi connectivity index (χ1n) is 8.76. The average Bonchev–Trinajstić information content (AvgIpc) is 2.71. The van der Waals surface area contributed by atoms with E-state index in [1.807, 2.05) is 0 Å². The molecule has 0 heterocycles. The van der Waals surface area contributed by atoms with Crippen LogP contribution >= 0.6 is 0 Å². The molecule has 4 N–H and O–H groups in total. The van der Waals surface area contributed by atoms with Crippen LogP contribution in [0.5, 0.6) is 17.2 Å². The number of anilines is 2. The first kappa shape index (κ1) is 22.1. The minimum absolute atomic E-state index is 0.0533. The summed E-state index contributed by atoms with van der Waals surface area (Å²) in [5, 5.41) is 0. The van der Waals surface area contributed by atoms with E-state index in [0.717, 1.165) is 24.3 Å². The van der Waals surface area contributed by atoms with E-state index in [4.69, 9.17) is 16.2 Å². The molecule has 0 radical (unpaired) electrons. The van der Waals surface area contributed by atoms with Gasteiger partial charge in [-0.05, 0) is 36.4 Å². The number of nitrogens with two attached hydrogens (primary N) is 2. The van der Waals surface area contributed by atoms with Crippen molar-refractivity contribution in [3.63, 3.8) is 0 Å². The third kappa shape index (κ3) is 4.05. The lowest BCUT2D eigenvalue weighted by Crippen LogP contribution is -2.55. The van der Waals surface area contributed by atoms with E-state index < -0.39 is 35.0 Å². The largest absolute Gasteiger partial charge is 0.461 e. The Morgan fingerprint density at radius 1 is 0.581 bits per heavy atom. The molecule has 0 saturated carbocycles. The Labute approximate surface area is 173 Å². The molecule has 164 valence electrons. The molecule has 0 aromatic heterocycles. The Balaban J connectivity index is 2.19. The highest BCUT2D eigenvalue weighted by Crippen LogP contribution is 2.54. The fourth-order valence-electron chi connectivity index (χ4n) is 2.71. The topological polar surface area (TPSA) is 70.5 Å². The van der Waals surface area contributed by atoms with Gasteiger partial charge in [0.25, 0.3) is 0 Å². The number of rotatable bonds is 6. The molecule has 3 aromatic rings. The molecular weight excluding hydrogens is 426 g/mol. The summed E-state index contributed by atoms with van der Waals surface area (Å²) in [6.45, 7) is 0. The van der Waals surface area contributed by atoms with Crippen LogP contribution in [0.4, 0.5) is 37.7 Å². The first-order chi connectivity index (χ1) is 14.5. The second-order valence-electron chi connectivity index (χ2n) is 6.44. The Hall–Kier alpha value is -3.56. The molecule has 1 unspecified atom stereocenters. The molecule has 0 spiro atoms. The second-order valence-corrected chi connectivity index (χ2v) is 6.44. The van der Waals surface area contributed by atoms with Gasteiger partial charge < -0.3 is 20.9 Å². The van der Waals surface area contributed by atoms with E-state index in [-0.39, 0.29) is 17.1 Å². The van der Waals surface area contributed by atoms with Gasteiger partial charge in [-0.15, -0.1) is 0 Å². The number of para-hydroxylation sites is 5. The van der Waals surface area contributed by atoms with Gasteiger partial charge in [-0.3, -0.25) is 0 Å². The van der Waals surface area contributed by atoms with Crippen LogP contribution in [0.25, 0.3) is 0 Å². The Morgan fingerprint density at radius 2 is 1.03 bits per heavy atom. The lowest BCUT2D eigenvalue weighted by Gasteiger charge is -2.35. The molecule has 1 atom stereocenters. The minimum Gasteiger partial charge on any atom is -0.455 e. The zero-order valence-corrected chi connectivity index (χ0v) is 15.7. The SMILES string of the molecule is Nc1ccccc1Oc1ccccc1C(F)(Oc1ccccc1N)C(F)(F)C(F)(F)F. The number of hydrogen-bond donors (Lipinski definition) is 2. The summed E-state index contributed by atoms with van der Waals surface area (Å²) < 4.78 is 94.8. The molecule has 0 bridgehead atoms. The third-order valence-electron chi connectivity index (χ3n) is 4.30. The molecular formula is C21H16F6N2O2. The summed E-state index contributed by atoms with van der Waals surface area (Å²) in [5.41, 5.74) is 9.81. The van der Waals surface area contributed by atoms with Crippen molar-refractivity contribution >= 4 is 11.4 Å². The molecule has 0 aliphatic carbocycles. The van der Waals surface area contributed by atoms with Crippen molar-refractivity contribution in [1.82, 2.24) is 0 Å². The van der Waals surface area contributed by atoms with Gasteiger partial charge in [0.05, 0.1) is 16.9 Å². The number of alkyl halides is 6. The van der Waals surface area contributed by atoms with Crippen LogP contribution in [-0.2, 0) is 5.85 Å². The Morgan fingerprint density at radius 3 is 1.55 bits per heavy atom. The number of ether oxygens (including phenoxy) is 2. The highest BCUT2D eigenvalue weighted by molar-refractivity contribution is 5.55. The maximum Gasteiger partial charge on any atom is 0.461 e. The van der Waals surface area contributed by atoms with Gasteiger partial charge in [0, 0.05) is 0 Å². The maximum absolute atomic E-state index is 15.9. The van der Waals surface area contributed by atoms with E-state index in [2.05, 4.69) is 4.74 Å². The van der Waals surface area contributed by atoms with Crippen molar-refractivity contribution < 1.29 is 35.8 Å². The monoisotopic (exact) mass is 442 g/mol. The summed E-state index contributed by atoms with van der Waals surface area (Å²) in [6, 6.07) is 14.6. The van der Waals surface area contributed by atoms with Crippen molar-refractivity contribution in [2.75, 3.05) is 11.5 Å². The average molecular weight is 442 g/mol. The number of halogens is 6. The van der Waals surface area contributed by atoms with E-state index in [1.165, 1.54) is 36.4 Å². The van der Waals surface area contributed by atoms with Crippen LogP contribution < -0.4 is 20.9 Å². The smallest absolute Gasteiger partial charge is 0.455 e. The van der Waals surface area contributed by atoms with Crippen molar-refractivity contribution in [3.05, 3.63) is 78.4 Å². The van der Waals surface area contributed by atoms with Crippen molar-refractivity contribution in [3.8, 4) is 17.2 Å². The summed E-state index contributed by atoms with van der Waals surface area (Å²) in [4.78, 5) is 0. The molecule has 4 nitrogen and oxygen atoms in total. The highest BCUT2D eigenvalue weighted by Gasteiger charge is 2.75. The zero-order chi connectivity index (χ0) is 22.9. The van der Waals surface area contributed by atoms with Gasteiger partial charge in [0.2, 0.25) is 0 Å². The van der Waals surface area contributed by atoms with Crippen LogP contribution in [-0.4, -0.2) is 12.1 Å². The molecule has 0 saturated heterocycles. The molecule has 0 aliphatic heterocycles. The second kappa shape index (κ2) is 7.93. The summed E-state index contributed by atoms with van der Waals surface area (Å²) in [7, 11) is 0. The van der Waals surface area contributed by atoms with Crippen LogP contribution in [0.2, 0.25) is 0 Å². The Kier molecular flexibility index (Phi) is 5.66. The van der Waals surface area contributed by atoms with Crippen LogP contribution in [0.3, 0.4) is 0 Å². The molecule has 3 rings (SSSR count). The van der Waals surface area contributed by atoms with Crippen molar-refractivity contribution in [1.29, 1.82) is 0 Å². The predicted molar refractivity (Wildman–Crippen MR) is 103 cm³/mol. The third-order valence-corrected chi connectivity index (χ3v) is 4.30. The van der Waals surface area contributed by atoms with Gasteiger partial charge in [0.15, 0.2) is 0 Å². The van der Waals surface area contributed by atoms with Crippen LogP contribution in [0, 0.1) is 0 Å². The molecule has 0 aliphatic rings. The van der Waals surface area contributed by atoms with E-state index in [1.54, 1.807) is 6.07 Å². The van der Waals surface area contributed by atoms with Crippen LogP contribution in [0.15, 0.2) is 72.8 Å². The minimum atomic E-state index is -6.30. The summed E-state index contributed by atoms with van der Waals surface area (Å²) in [6.07, 6.45) is -6.30. The maximum atomic E-state index is 15.9. The zero-order valence-electron chi connectivity index (χ0n) is 15.7. The molecule has 0 fully saturated rings. The summed E-state index contributed by atoms with van der Waals surface area (Å²) in [5.74, 6) is -12.1. The molecule has 10 heteroatoms. The Bertz CT molecular complexity index is 1070. The predicted octanol–water partition coefficient (Wildman–Crippen LogP) is 6.04. The number of benzene rings is 3. The first-order valence-corrected chi connectivity index (χ1v) is 8.76. The van der Waals surface area contributed by atoms with E-state index in [9.17, 15) is 22.0 Å². The molecule has 0 amide bonds. The lowest BCUT2D eigenvalue weighted by atomic mass is 9.98. The summed E-state index contributed by atoms with van der Waals surface area (Å²) >= 11 is 0.